The van der Waals surface area contributed by atoms with Crippen molar-refractivity contribution in [3.8, 4) is 5.75 Å². The molecule has 9 heteroatoms. The second kappa shape index (κ2) is 7.87. The molecule has 0 radical (unpaired) electrons. The van der Waals surface area contributed by atoms with Crippen LogP contribution >= 0.6 is 0 Å². The fraction of sp³-hybridized carbons (Fsp3) is 0.316. The molecule has 2 aromatic carbocycles. The molecule has 0 aliphatic rings. The number of carbonyl (C=O) groups excluding carboxylic acids is 1. The Bertz CT molecular complexity index is 895. The number of methoxy groups -OCH3 is 1. The van der Waals surface area contributed by atoms with E-state index in [1.807, 2.05) is 0 Å². The molecular weight excluding hydrogens is 377 g/mol. The largest absolute Gasteiger partial charge is 0.490 e. The average Bonchev–Trinajstić information content (AvgIpc) is 2.65. The molecule has 2 aromatic rings. The van der Waals surface area contributed by atoms with Crippen LogP contribution in [0.5, 0.6) is 5.75 Å². The summed E-state index contributed by atoms with van der Waals surface area (Å²) in [4.78, 5) is 22.8. The van der Waals surface area contributed by atoms with Crippen molar-refractivity contribution in [2.45, 2.75) is 25.4 Å². The number of alkyl halides is 3. The fourth-order valence-electron chi connectivity index (χ4n) is 2.60. The highest BCUT2D eigenvalue weighted by Crippen LogP contribution is 2.33. The maximum atomic E-state index is 12.9. The summed E-state index contributed by atoms with van der Waals surface area (Å²) in [6.07, 6.45) is -4.46. The van der Waals surface area contributed by atoms with Crippen LogP contribution in [0.4, 0.5) is 18.9 Å². The molecule has 0 aliphatic carbocycles. The molecule has 0 saturated carbocycles. The Balaban J connectivity index is 2.18. The second-order valence-corrected chi connectivity index (χ2v) is 6.79. The third-order valence-electron chi connectivity index (χ3n) is 4.30. The van der Waals surface area contributed by atoms with E-state index in [0.717, 1.165) is 18.2 Å². The molecule has 0 saturated heterocycles. The maximum absolute atomic E-state index is 12.9. The van der Waals surface area contributed by atoms with Crippen LogP contribution in [0.2, 0.25) is 0 Å². The minimum Gasteiger partial charge on any atom is -0.490 e. The number of benzene rings is 2. The zero-order valence-electron chi connectivity index (χ0n) is 15.5. The van der Waals surface area contributed by atoms with Crippen LogP contribution in [-0.2, 0) is 11.6 Å². The molecule has 0 unspecified atom stereocenters. The van der Waals surface area contributed by atoms with E-state index >= 15 is 0 Å². The number of hydrogen-bond donors (Lipinski definition) is 1. The van der Waals surface area contributed by atoms with Crippen molar-refractivity contribution in [3.63, 3.8) is 0 Å². The Morgan fingerprint density at radius 1 is 1.14 bits per heavy atom. The number of carbonyl (C=O) groups is 1. The summed E-state index contributed by atoms with van der Waals surface area (Å²) >= 11 is 0. The van der Waals surface area contributed by atoms with Gasteiger partial charge in [0.2, 0.25) is 0 Å². The quantitative estimate of drug-likeness (QED) is 0.582. The predicted molar refractivity (Wildman–Crippen MR) is 96.5 cm³/mol. The Hall–Kier alpha value is -3.10. The fourth-order valence-corrected chi connectivity index (χ4v) is 2.60. The second-order valence-electron chi connectivity index (χ2n) is 6.79. The van der Waals surface area contributed by atoms with Gasteiger partial charge in [-0.1, -0.05) is 32.0 Å². The van der Waals surface area contributed by atoms with E-state index < -0.39 is 28.0 Å². The molecule has 0 aromatic heterocycles. The van der Waals surface area contributed by atoms with Gasteiger partial charge in [0.15, 0.2) is 5.75 Å². The van der Waals surface area contributed by atoms with Gasteiger partial charge in [-0.05, 0) is 23.8 Å². The van der Waals surface area contributed by atoms with Crippen molar-refractivity contribution >= 4 is 11.6 Å². The van der Waals surface area contributed by atoms with Gasteiger partial charge in [0.05, 0.1) is 17.6 Å². The molecule has 6 nitrogen and oxygen atoms in total. The van der Waals surface area contributed by atoms with Gasteiger partial charge in [0, 0.05) is 23.6 Å². The van der Waals surface area contributed by atoms with E-state index in [1.54, 1.807) is 19.9 Å². The van der Waals surface area contributed by atoms with Crippen molar-refractivity contribution in [1.29, 1.82) is 0 Å². The number of nitro groups is 1. The molecule has 2 rings (SSSR count). The lowest BCUT2D eigenvalue weighted by Crippen LogP contribution is -2.36. The van der Waals surface area contributed by atoms with Crippen LogP contribution in [-0.4, -0.2) is 24.5 Å². The first kappa shape index (κ1) is 21.2. The summed E-state index contributed by atoms with van der Waals surface area (Å²) in [6, 6.07) is 8.67. The standard InChI is InChI=1S/C19H19F3N2O4/c1-18(2,13-5-4-6-14(10-13)19(20,21)22)11-23-17(25)12-7-8-16(28-3)15(9-12)24(26)27/h4-10H,11H2,1-3H3,(H,23,25). The number of ether oxygens (including phenoxy) is 1. The van der Waals surface area contributed by atoms with Crippen LogP contribution in [0.1, 0.15) is 35.3 Å². The molecule has 0 fully saturated rings. The molecule has 0 bridgehead atoms. The Kier molecular flexibility index (Phi) is 5.96. The summed E-state index contributed by atoms with van der Waals surface area (Å²) in [5.74, 6) is -0.559. The highest BCUT2D eigenvalue weighted by Gasteiger charge is 2.32. The van der Waals surface area contributed by atoms with Gasteiger partial charge in [-0.15, -0.1) is 0 Å². The number of rotatable bonds is 6. The number of nitrogens with one attached hydrogen (secondary N) is 1. The zero-order valence-corrected chi connectivity index (χ0v) is 15.5. The normalized spacial score (nSPS) is 11.8. The maximum Gasteiger partial charge on any atom is 0.416 e. The summed E-state index contributed by atoms with van der Waals surface area (Å²) in [5.41, 5.74) is -1.46. The molecule has 0 atom stereocenters. The number of halogens is 3. The zero-order chi connectivity index (χ0) is 21.1. The minimum absolute atomic E-state index is 0.0193. The summed E-state index contributed by atoms with van der Waals surface area (Å²) in [6.45, 7) is 3.42. The average molecular weight is 396 g/mol. The van der Waals surface area contributed by atoms with Gasteiger partial charge in [-0.3, -0.25) is 14.9 Å². The van der Waals surface area contributed by atoms with Gasteiger partial charge in [0.25, 0.3) is 5.91 Å². The van der Waals surface area contributed by atoms with Gasteiger partial charge in [0.1, 0.15) is 0 Å². The monoisotopic (exact) mass is 396 g/mol. The highest BCUT2D eigenvalue weighted by molar-refractivity contribution is 5.95. The Morgan fingerprint density at radius 3 is 2.36 bits per heavy atom. The molecule has 28 heavy (non-hydrogen) atoms. The van der Waals surface area contributed by atoms with Crippen molar-refractivity contribution in [3.05, 3.63) is 69.3 Å². The lowest BCUT2D eigenvalue weighted by atomic mass is 9.83. The molecular formula is C19H19F3N2O4. The van der Waals surface area contributed by atoms with Gasteiger partial charge in [-0.2, -0.15) is 13.2 Å². The molecule has 1 N–H and O–H groups in total. The lowest BCUT2D eigenvalue weighted by Gasteiger charge is -2.26. The van der Waals surface area contributed by atoms with E-state index in [4.69, 9.17) is 4.74 Å². The van der Waals surface area contributed by atoms with Gasteiger partial charge >= 0.3 is 11.9 Å². The molecule has 0 heterocycles. The number of hydrogen-bond acceptors (Lipinski definition) is 4. The topological polar surface area (TPSA) is 81.5 Å². The molecule has 150 valence electrons. The third-order valence-corrected chi connectivity index (χ3v) is 4.30. The van der Waals surface area contributed by atoms with Crippen LogP contribution in [0.25, 0.3) is 0 Å². The lowest BCUT2D eigenvalue weighted by molar-refractivity contribution is -0.385. The molecule has 0 spiro atoms. The highest BCUT2D eigenvalue weighted by atomic mass is 19.4. The first-order valence-corrected chi connectivity index (χ1v) is 8.24. The van der Waals surface area contributed by atoms with Crippen LogP contribution in [0.15, 0.2) is 42.5 Å². The van der Waals surface area contributed by atoms with E-state index in [9.17, 15) is 28.1 Å². The SMILES string of the molecule is COc1ccc(C(=O)NCC(C)(C)c2cccc(C(F)(F)F)c2)cc1[N+](=O)[O-]. The number of amides is 1. The van der Waals surface area contributed by atoms with Crippen LogP contribution in [0, 0.1) is 10.1 Å². The Morgan fingerprint density at radius 2 is 1.79 bits per heavy atom. The number of nitro benzene ring substituents is 1. The summed E-state index contributed by atoms with van der Waals surface area (Å²) < 4.78 is 43.7. The van der Waals surface area contributed by atoms with Crippen molar-refractivity contribution in [2.75, 3.05) is 13.7 Å². The van der Waals surface area contributed by atoms with E-state index in [0.29, 0.717) is 5.56 Å². The van der Waals surface area contributed by atoms with Crippen molar-refractivity contribution in [2.24, 2.45) is 0 Å². The van der Waals surface area contributed by atoms with Crippen LogP contribution in [0.3, 0.4) is 0 Å². The van der Waals surface area contributed by atoms with E-state index in [1.165, 1.54) is 25.3 Å². The summed E-state index contributed by atoms with van der Waals surface area (Å²) in [5, 5.41) is 13.7. The minimum atomic E-state index is -4.46. The third kappa shape index (κ3) is 4.79. The van der Waals surface area contributed by atoms with Crippen LogP contribution < -0.4 is 10.1 Å². The first-order valence-electron chi connectivity index (χ1n) is 8.24. The van der Waals surface area contributed by atoms with Crippen molar-refractivity contribution in [1.82, 2.24) is 5.32 Å². The number of nitrogens with zero attached hydrogens (tertiary/aromatic N) is 1. The van der Waals surface area contributed by atoms with E-state index in [2.05, 4.69) is 5.32 Å². The molecule has 1 amide bonds. The Labute approximate surface area is 159 Å². The first-order chi connectivity index (χ1) is 13.0. The summed E-state index contributed by atoms with van der Waals surface area (Å²) in [7, 11) is 1.28. The van der Waals surface area contributed by atoms with Crippen molar-refractivity contribution < 1.29 is 27.6 Å². The van der Waals surface area contributed by atoms with Gasteiger partial charge in [-0.25, -0.2) is 0 Å². The van der Waals surface area contributed by atoms with E-state index in [-0.39, 0.29) is 23.5 Å². The smallest absolute Gasteiger partial charge is 0.416 e. The van der Waals surface area contributed by atoms with Gasteiger partial charge < -0.3 is 10.1 Å². The predicted octanol–water partition coefficient (Wildman–Crippen LogP) is 4.33. The molecule has 0 aliphatic heterocycles.